The number of ether oxygens (including phenoxy) is 2. The van der Waals surface area contributed by atoms with Crippen LogP contribution in [0.25, 0.3) is 0 Å². The van der Waals surface area contributed by atoms with Gasteiger partial charge in [0.15, 0.2) is 5.69 Å². The molecular weight excluding hydrogens is 441 g/mol. The van der Waals surface area contributed by atoms with Gasteiger partial charge in [-0.3, -0.25) is 9.78 Å². The van der Waals surface area contributed by atoms with E-state index in [2.05, 4.69) is 15.6 Å². The van der Waals surface area contributed by atoms with Gasteiger partial charge in [0.25, 0.3) is 5.91 Å². The van der Waals surface area contributed by atoms with Crippen molar-refractivity contribution in [2.24, 2.45) is 0 Å². The average Bonchev–Trinajstić information content (AvgIpc) is 2.80. The second-order valence-corrected chi connectivity index (χ2v) is 7.63. The largest absolute Gasteiger partial charge is 0.489 e. The van der Waals surface area contributed by atoms with E-state index in [-0.39, 0.29) is 34.9 Å². The summed E-state index contributed by atoms with van der Waals surface area (Å²) in [6, 6.07) is 2.66. The van der Waals surface area contributed by atoms with E-state index in [4.69, 9.17) is 14.9 Å². The maximum Gasteiger partial charge on any atom is 0.433 e. The number of aliphatic hydroxyl groups excluding tert-OH is 1. The minimum absolute atomic E-state index is 0.0178. The quantitative estimate of drug-likeness (QED) is 0.458. The third kappa shape index (κ3) is 5.79. The molecule has 4 N–H and O–H groups in total. The zero-order valence-electron chi connectivity index (χ0n) is 18.0. The Labute approximate surface area is 188 Å². The van der Waals surface area contributed by atoms with E-state index in [0.717, 1.165) is 6.20 Å². The molecule has 1 aromatic rings. The van der Waals surface area contributed by atoms with Crippen molar-refractivity contribution in [3.63, 3.8) is 0 Å². The first-order valence-corrected chi connectivity index (χ1v) is 10.2. The number of rotatable bonds is 7. The van der Waals surface area contributed by atoms with Gasteiger partial charge in [0.2, 0.25) is 0 Å². The first kappa shape index (κ1) is 24.5. The Morgan fingerprint density at radius 3 is 2.70 bits per heavy atom. The third-order valence-corrected chi connectivity index (χ3v) is 5.42. The Morgan fingerprint density at radius 2 is 2.06 bits per heavy atom. The topological polar surface area (TPSA) is 117 Å². The number of halogens is 3. The number of alkyl halides is 3. The lowest BCUT2D eigenvalue weighted by Crippen LogP contribution is -2.55. The fourth-order valence-electron chi connectivity index (χ4n) is 3.55. The minimum atomic E-state index is -4.62. The molecule has 0 saturated carbocycles. The summed E-state index contributed by atoms with van der Waals surface area (Å²) in [5.74, 6) is -0.341. The molecule has 1 aliphatic heterocycles. The van der Waals surface area contributed by atoms with Gasteiger partial charge in [-0.25, -0.2) is 0 Å². The van der Waals surface area contributed by atoms with Crippen molar-refractivity contribution in [2.75, 3.05) is 26.9 Å². The van der Waals surface area contributed by atoms with Gasteiger partial charge in [-0.2, -0.15) is 13.2 Å². The Hall–Kier alpha value is -3.18. The molecule has 1 saturated heterocycles. The van der Waals surface area contributed by atoms with Crippen LogP contribution in [0.1, 0.15) is 24.1 Å². The minimum Gasteiger partial charge on any atom is -0.489 e. The van der Waals surface area contributed by atoms with Gasteiger partial charge in [0, 0.05) is 37.6 Å². The second-order valence-electron chi connectivity index (χ2n) is 7.63. The number of nitrogens with one attached hydrogen (secondary N) is 3. The Morgan fingerprint density at radius 1 is 1.33 bits per heavy atom. The van der Waals surface area contributed by atoms with Crippen molar-refractivity contribution in [1.29, 1.82) is 5.41 Å². The zero-order chi connectivity index (χ0) is 24.1. The molecule has 0 spiro atoms. The summed E-state index contributed by atoms with van der Waals surface area (Å²) in [6.07, 6.45) is 1.56. The lowest BCUT2D eigenvalue weighted by atomic mass is 9.90. The van der Waals surface area contributed by atoms with Crippen LogP contribution in [0, 0.1) is 5.41 Å². The number of allylic oxidation sites excluding steroid dienone is 4. The van der Waals surface area contributed by atoms with Crippen LogP contribution < -0.4 is 10.6 Å². The maximum atomic E-state index is 13.2. The van der Waals surface area contributed by atoms with E-state index in [9.17, 15) is 23.1 Å². The first-order valence-electron chi connectivity index (χ1n) is 10.2. The Kier molecular flexibility index (Phi) is 7.54. The third-order valence-electron chi connectivity index (χ3n) is 5.42. The molecule has 1 amide bonds. The molecule has 3 rings (SSSR count). The van der Waals surface area contributed by atoms with Crippen LogP contribution in [-0.2, 0) is 27.1 Å². The molecule has 0 aromatic carbocycles. The molecule has 0 atom stereocenters. The summed E-state index contributed by atoms with van der Waals surface area (Å²) >= 11 is 0. The van der Waals surface area contributed by atoms with E-state index in [0.29, 0.717) is 26.1 Å². The molecular formula is C22H25F3N4O4. The summed E-state index contributed by atoms with van der Waals surface area (Å²) < 4.78 is 50.3. The Bertz CT molecular complexity index is 996. The highest BCUT2D eigenvalue weighted by molar-refractivity contribution is 6.14. The fraction of sp³-hybridized carbons (Fsp3) is 0.409. The summed E-state index contributed by atoms with van der Waals surface area (Å²) in [7, 11) is 1.52. The van der Waals surface area contributed by atoms with Crippen molar-refractivity contribution in [3.8, 4) is 0 Å². The number of nitrogens with zero attached hydrogens (tertiary/aromatic N) is 1. The molecule has 8 nitrogen and oxygen atoms in total. The van der Waals surface area contributed by atoms with E-state index >= 15 is 0 Å². The van der Waals surface area contributed by atoms with Crippen LogP contribution >= 0.6 is 0 Å². The van der Waals surface area contributed by atoms with E-state index < -0.39 is 29.9 Å². The van der Waals surface area contributed by atoms with Gasteiger partial charge in [-0.15, -0.1) is 0 Å². The number of aliphatic hydroxyl groups is 1. The summed E-state index contributed by atoms with van der Waals surface area (Å²) in [5, 5.41) is 23.6. The molecule has 33 heavy (non-hydrogen) atoms. The van der Waals surface area contributed by atoms with Crippen molar-refractivity contribution in [1.82, 2.24) is 15.6 Å². The Balaban J connectivity index is 1.82. The molecule has 1 aliphatic carbocycles. The number of aromatic nitrogens is 1. The standard InChI is InChI=1S/C22H25F3N4O4/c1-27-18(20(31)29-21(13-30)6-9-32-10-7-21)16-11-15(4-5-17(16)26)33-12-14-3-2-8-28-19(14)22(23,24)25/h2-5,8,11,26-27,30H,6-7,9-10,12-13H2,1H3,(H,29,31)/b18-16-,26-17?. The molecule has 2 aliphatic rings. The van der Waals surface area contributed by atoms with Crippen LogP contribution in [0.2, 0.25) is 0 Å². The lowest BCUT2D eigenvalue weighted by molar-refractivity contribution is -0.142. The SMILES string of the molecule is CN/C(C(=O)NC1(CO)CCOCC1)=C1/C=C(OCc2cccnc2C(F)(F)F)C=CC1=N. The molecule has 1 fully saturated rings. The van der Waals surface area contributed by atoms with Crippen LogP contribution in [-0.4, -0.2) is 54.1 Å². The van der Waals surface area contributed by atoms with Crippen molar-refractivity contribution < 1.29 is 32.5 Å². The highest BCUT2D eigenvalue weighted by atomic mass is 19.4. The fourth-order valence-corrected chi connectivity index (χ4v) is 3.55. The molecule has 0 unspecified atom stereocenters. The number of hydrogen-bond donors (Lipinski definition) is 4. The van der Waals surface area contributed by atoms with Crippen LogP contribution in [0.15, 0.2) is 53.6 Å². The van der Waals surface area contributed by atoms with Gasteiger partial charge in [-0.1, -0.05) is 6.07 Å². The smallest absolute Gasteiger partial charge is 0.433 e. The van der Waals surface area contributed by atoms with E-state index in [1.165, 1.54) is 37.4 Å². The molecule has 11 heteroatoms. The summed E-state index contributed by atoms with van der Waals surface area (Å²) in [4.78, 5) is 16.4. The average molecular weight is 466 g/mol. The van der Waals surface area contributed by atoms with Gasteiger partial charge < -0.3 is 30.6 Å². The molecule has 0 bridgehead atoms. The highest BCUT2D eigenvalue weighted by Crippen LogP contribution is 2.31. The van der Waals surface area contributed by atoms with E-state index in [1.54, 1.807) is 0 Å². The number of amides is 1. The van der Waals surface area contributed by atoms with Crippen molar-refractivity contribution in [3.05, 3.63) is 64.8 Å². The van der Waals surface area contributed by atoms with Gasteiger partial charge in [0.05, 0.1) is 17.9 Å². The highest BCUT2D eigenvalue weighted by Gasteiger charge is 2.36. The monoisotopic (exact) mass is 466 g/mol. The maximum absolute atomic E-state index is 13.2. The van der Waals surface area contributed by atoms with Crippen LogP contribution in [0.5, 0.6) is 0 Å². The molecule has 1 aromatic heterocycles. The van der Waals surface area contributed by atoms with Gasteiger partial charge in [0.1, 0.15) is 18.1 Å². The van der Waals surface area contributed by atoms with Crippen molar-refractivity contribution in [2.45, 2.75) is 31.2 Å². The molecule has 178 valence electrons. The van der Waals surface area contributed by atoms with Gasteiger partial charge in [-0.05, 0) is 37.1 Å². The number of carbonyl (C=O) groups excluding carboxylic acids is 1. The second kappa shape index (κ2) is 10.2. The molecule has 2 heterocycles. The molecule has 0 radical (unpaired) electrons. The predicted octanol–water partition coefficient (Wildman–Crippen LogP) is 2.22. The zero-order valence-corrected chi connectivity index (χ0v) is 18.0. The summed E-state index contributed by atoms with van der Waals surface area (Å²) in [5.41, 5.74) is -1.71. The number of likely N-dealkylation sites (N-methyl/N-ethyl adjacent to an activating group) is 1. The van der Waals surface area contributed by atoms with Gasteiger partial charge >= 0.3 is 6.18 Å². The van der Waals surface area contributed by atoms with Crippen LogP contribution in [0.3, 0.4) is 0 Å². The normalized spacial score (nSPS) is 19.5. The summed E-state index contributed by atoms with van der Waals surface area (Å²) in [6.45, 7) is 0.144. The first-order chi connectivity index (χ1) is 15.7. The predicted molar refractivity (Wildman–Crippen MR) is 113 cm³/mol. The number of hydrogen-bond acceptors (Lipinski definition) is 7. The van der Waals surface area contributed by atoms with Crippen LogP contribution in [0.4, 0.5) is 13.2 Å². The lowest BCUT2D eigenvalue weighted by Gasteiger charge is -2.36. The van der Waals surface area contributed by atoms with E-state index in [1.807, 2.05) is 0 Å². The number of carbonyl (C=O) groups is 1. The van der Waals surface area contributed by atoms with Crippen molar-refractivity contribution >= 4 is 11.6 Å². The number of pyridine rings is 1.